The number of carbonyl (C=O) groups is 1. The lowest BCUT2D eigenvalue weighted by Gasteiger charge is -2.61. The molecule has 194 valence electrons. The zero-order chi connectivity index (χ0) is 23.6. The summed E-state index contributed by atoms with van der Waals surface area (Å²) in [6.45, 7) is 14.6. The molecule has 7 unspecified atom stereocenters. The Kier molecular flexibility index (Phi) is 7.30. The first-order valence-corrected chi connectivity index (χ1v) is 14.8. The standard InChI is InChI=1S/C32H52O.CH4/c1-21(22(2)33)9-7-8-10-24-13-15-27-25-14-16-29-30(3,4)26(23-11-12-23)17-20-32(29,6)28(25)18-19-31(24,27)5;/h21,23-24,26-27,29H,7-20H2,1-6H3;1H4. The van der Waals surface area contributed by atoms with E-state index >= 15 is 0 Å². The second kappa shape index (κ2) is 9.37. The lowest BCUT2D eigenvalue weighted by Crippen LogP contribution is -2.52. The van der Waals surface area contributed by atoms with Crippen LogP contribution in [0.2, 0.25) is 0 Å². The van der Waals surface area contributed by atoms with Crippen molar-refractivity contribution in [1.82, 2.24) is 0 Å². The molecule has 5 rings (SSSR count). The van der Waals surface area contributed by atoms with Crippen LogP contribution in [0, 0.1) is 51.8 Å². The van der Waals surface area contributed by atoms with Gasteiger partial charge in [0.25, 0.3) is 0 Å². The fraction of sp³-hybridized carbons (Fsp3) is 0.909. The summed E-state index contributed by atoms with van der Waals surface area (Å²) in [5.41, 5.74) is 5.51. The molecule has 0 bridgehead atoms. The molecule has 0 aromatic carbocycles. The average molecular weight is 469 g/mol. The summed E-state index contributed by atoms with van der Waals surface area (Å²) >= 11 is 0. The van der Waals surface area contributed by atoms with E-state index in [-0.39, 0.29) is 13.3 Å². The van der Waals surface area contributed by atoms with Crippen LogP contribution in [0.1, 0.15) is 139 Å². The van der Waals surface area contributed by atoms with Crippen LogP contribution in [-0.4, -0.2) is 5.78 Å². The van der Waals surface area contributed by atoms with Crippen LogP contribution in [0.4, 0.5) is 0 Å². The topological polar surface area (TPSA) is 17.1 Å². The molecule has 0 radical (unpaired) electrons. The number of Topliss-reactive ketones (excluding diaryl/α,β-unsaturated/α-hetero) is 1. The van der Waals surface area contributed by atoms with Crippen LogP contribution in [0.25, 0.3) is 0 Å². The first kappa shape index (κ1) is 26.5. The number of hydrogen-bond donors (Lipinski definition) is 0. The molecule has 0 N–H and O–H groups in total. The average Bonchev–Trinajstić information content (AvgIpc) is 3.52. The minimum Gasteiger partial charge on any atom is -0.300 e. The van der Waals surface area contributed by atoms with Gasteiger partial charge in [0.2, 0.25) is 0 Å². The molecule has 1 heteroatoms. The number of fused-ring (bicyclic) bond motifs is 4. The molecule has 5 aliphatic carbocycles. The molecule has 0 spiro atoms. The van der Waals surface area contributed by atoms with Crippen LogP contribution in [0.5, 0.6) is 0 Å². The number of hydrogen-bond acceptors (Lipinski definition) is 1. The monoisotopic (exact) mass is 468 g/mol. The third kappa shape index (κ3) is 4.18. The van der Waals surface area contributed by atoms with E-state index in [9.17, 15) is 4.79 Å². The lowest BCUT2D eigenvalue weighted by molar-refractivity contribution is -0.120. The molecule has 3 fully saturated rings. The number of allylic oxidation sites excluding steroid dienone is 2. The van der Waals surface area contributed by atoms with E-state index in [4.69, 9.17) is 0 Å². The SMILES string of the molecule is C.CC(=O)C(C)CCCCC1CCC2C3=C(CCC12C)C1(C)CCC(C2CC2)C(C)(C)C1CC3. The molecule has 1 nitrogen and oxygen atoms in total. The van der Waals surface area contributed by atoms with Gasteiger partial charge in [-0.2, -0.15) is 0 Å². The van der Waals surface area contributed by atoms with E-state index in [0.717, 1.165) is 36.0 Å². The molecular formula is C33H56O. The first-order chi connectivity index (χ1) is 15.6. The Morgan fingerprint density at radius 2 is 1.68 bits per heavy atom. The van der Waals surface area contributed by atoms with Crippen LogP contribution in [-0.2, 0) is 4.79 Å². The third-order valence-electron chi connectivity index (χ3n) is 12.6. The summed E-state index contributed by atoms with van der Waals surface area (Å²) in [6, 6.07) is 0. The van der Waals surface area contributed by atoms with Gasteiger partial charge in [0.15, 0.2) is 0 Å². The first-order valence-electron chi connectivity index (χ1n) is 14.8. The van der Waals surface area contributed by atoms with Crippen molar-refractivity contribution in [2.45, 2.75) is 139 Å². The number of unbranched alkanes of at least 4 members (excludes halogenated alkanes) is 1. The smallest absolute Gasteiger partial charge is 0.132 e. The molecule has 0 aromatic heterocycles. The minimum absolute atomic E-state index is 0. The Morgan fingerprint density at radius 1 is 0.941 bits per heavy atom. The highest BCUT2D eigenvalue weighted by Crippen LogP contribution is 2.69. The lowest BCUT2D eigenvalue weighted by atomic mass is 9.44. The summed E-state index contributed by atoms with van der Waals surface area (Å²) in [5, 5.41) is 0. The number of rotatable bonds is 7. The van der Waals surface area contributed by atoms with E-state index in [1.54, 1.807) is 6.92 Å². The fourth-order valence-electron chi connectivity index (χ4n) is 10.3. The molecule has 0 heterocycles. The quantitative estimate of drug-likeness (QED) is 0.268. The van der Waals surface area contributed by atoms with Gasteiger partial charge in [-0.15, -0.1) is 0 Å². The van der Waals surface area contributed by atoms with Gasteiger partial charge >= 0.3 is 0 Å². The van der Waals surface area contributed by atoms with Gasteiger partial charge < -0.3 is 0 Å². The molecule has 5 aliphatic rings. The Bertz CT molecular complexity index is 799. The van der Waals surface area contributed by atoms with Crippen LogP contribution in [0.15, 0.2) is 11.1 Å². The van der Waals surface area contributed by atoms with Gasteiger partial charge in [-0.1, -0.05) is 66.0 Å². The normalized spacial score (nSPS) is 41.7. The molecular weight excluding hydrogens is 412 g/mol. The maximum atomic E-state index is 11.6. The van der Waals surface area contributed by atoms with E-state index in [2.05, 4.69) is 34.6 Å². The van der Waals surface area contributed by atoms with Gasteiger partial charge in [-0.05, 0) is 130 Å². The molecule has 0 saturated heterocycles. The highest BCUT2D eigenvalue weighted by atomic mass is 16.1. The van der Waals surface area contributed by atoms with Crippen molar-refractivity contribution >= 4 is 5.78 Å². The zero-order valence-corrected chi connectivity index (χ0v) is 22.8. The van der Waals surface area contributed by atoms with Crippen molar-refractivity contribution < 1.29 is 4.79 Å². The fourth-order valence-corrected chi connectivity index (χ4v) is 10.3. The van der Waals surface area contributed by atoms with E-state index in [1.807, 2.05) is 11.1 Å². The minimum atomic E-state index is 0. The summed E-state index contributed by atoms with van der Waals surface area (Å²) in [7, 11) is 0. The highest BCUT2D eigenvalue weighted by molar-refractivity contribution is 5.77. The van der Waals surface area contributed by atoms with E-state index < -0.39 is 0 Å². The second-order valence-corrected chi connectivity index (χ2v) is 14.4. The summed E-state index contributed by atoms with van der Waals surface area (Å²) in [6.07, 6.45) is 19.7. The Morgan fingerprint density at radius 3 is 2.35 bits per heavy atom. The largest absolute Gasteiger partial charge is 0.300 e. The Hall–Kier alpha value is -0.590. The van der Waals surface area contributed by atoms with Gasteiger partial charge in [-0.25, -0.2) is 0 Å². The molecule has 34 heavy (non-hydrogen) atoms. The number of carbonyl (C=O) groups excluding carboxylic acids is 1. The Balaban J connectivity index is 0.00000274. The zero-order valence-electron chi connectivity index (χ0n) is 22.8. The molecule has 3 saturated carbocycles. The predicted molar refractivity (Wildman–Crippen MR) is 146 cm³/mol. The molecule has 0 aliphatic heterocycles. The predicted octanol–water partition coefficient (Wildman–Crippen LogP) is 9.79. The van der Waals surface area contributed by atoms with Crippen molar-refractivity contribution in [3.63, 3.8) is 0 Å². The molecule has 7 atom stereocenters. The van der Waals surface area contributed by atoms with Crippen molar-refractivity contribution in [1.29, 1.82) is 0 Å². The number of ketones is 1. The van der Waals surface area contributed by atoms with Gasteiger partial charge in [-0.3, -0.25) is 4.79 Å². The van der Waals surface area contributed by atoms with Crippen molar-refractivity contribution in [3.05, 3.63) is 11.1 Å². The van der Waals surface area contributed by atoms with Crippen LogP contribution >= 0.6 is 0 Å². The third-order valence-corrected chi connectivity index (χ3v) is 12.6. The Labute approximate surface area is 212 Å². The summed E-state index contributed by atoms with van der Waals surface area (Å²) < 4.78 is 0. The summed E-state index contributed by atoms with van der Waals surface area (Å²) in [5.74, 6) is 5.38. The maximum Gasteiger partial charge on any atom is 0.132 e. The van der Waals surface area contributed by atoms with E-state index in [0.29, 0.717) is 22.0 Å². The van der Waals surface area contributed by atoms with Crippen LogP contribution in [0.3, 0.4) is 0 Å². The van der Waals surface area contributed by atoms with Crippen LogP contribution < -0.4 is 0 Å². The van der Waals surface area contributed by atoms with Gasteiger partial charge in [0.1, 0.15) is 5.78 Å². The van der Waals surface area contributed by atoms with E-state index in [1.165, 1.54) is 83.5 Å². The summed E-state index contributed by atoms with van der Waals surface area (Å²) in [4.78, 5) is 11.6. The van der Waals surface area contributed by atoms with Gasteiger partial charge in [0, 0.05) is 5.92 Å². The molecule has 0 amide bonds. The maximum absolute atomic E-state index is 11.6. The van der Waals surface area contributed by atoms with Crippen molar-refractivity contribution in [2.75, 3.05) is 0 Å². The molecule has 0 aromatic rings. The van der Waals surface area contributed by atoms with Crippen molar-refractivity contribution in [3.8, 4) is 0 Å². The highest BCUT2D eigenvalue weighted by Gasteiger charge is 2.60. The van der Waals surface area contributed by atoms with Crippen molar-refractivity contribution in [2.24, 2.45) is 51.8 Å². The van der Waals surface area contributed by atoms with Gasteiger partial charge in [0.05, 0.1) is 0 Å². The second-order valence-electron chi connectivity index (χ2n) is 14.4.